The average molecular weight is 458 g/mol. The number of carbonyl (C=O) groups excluding carboxylic acids is 1. The fraction of sp³-hybridized carbons (Fsp3) is 0. The van der Waals surface area contributed by atoms with E-state index >= 15 is 0 Å². The number of rotatable bonds is 4. The summed E-state index contributed by atoms with van der Waals surface area (Å²) in [6, 6.07) is 19.9. The first kappa shape index (κ1) is 20.7. The molecule has 5 rings (SSSR count). The van der Waals surface area contributed by atoms with Crippen molar-refractivity contribution in [3.63, 3.8) is 0 Å². The smallest absolute Gasteiger partial charge is 0.308 e. The molecule has 2 aromatic heterocycles. The van der Waals surface area contributed by atoms with Gasteiger partial charge >= 0.3 is 6.03 Å². The molecule has 0 fully saturated rings. The number of halogens is 2. The molecule has 8 heteroatoms. The molecule has 0 radical (unpaired) electrons. The lowest BCUT2D eigenvalue weighted by Gasteiger charge is -2.09. The zero-order valence-corrected chi connectivity index (χ0v) is 17.9. The molecule has 5 nitrogen and oxygen atoms in total. The highest BCUT2D eigenvalue weighted by molar-refractivity contribution is 7.18. The first-order chi connectivity index (χ1) is 16.1. The second-order valence-electron chi connectivity index (χ2n) is 7.20. The topological polar surface area (TPSA) is 66.9 Å². The van der Waals surface area contributed by atoms with Gasteiger partial charge in [0.15, 0.2) is 11.6 Å². The van der Waals surface area contributed by atoms with Crippen LogP contribution in [0.2, 0.25) is 0 Å². The van der Waals surface area contributed by atoms with E-state index in [9.17, 15) is 13.6 Å². The molecule has 0 spiro atoms. The van der Waals surface area contributed by atoms with E-state index in [-0.39, 0.29) is 5.69 Å². The molecule has 0 aliphatic heterocycles. The maximum Gasteiger partial charge on any atom is 0.323 e. The van der Waals surface area contributed by atoms with Crippen LogP contribution in [0, 0.1) is 11.6 Å². The van der Waals surface area contributed by atoms with Gasteiger partial charge in [-0.1, -0.05) is 42.5 Å². The lowest BCUT2D eigenvalue weighted by molar-refractivity contribution is 0.262. The summed E-state index contributed by atoms with van der Waals surface area (Å²) in [5, 5.41) is 7.22. The van der Waals surface area contributed by atoms with Crippen LogP contribution >= 0.6 is 11.3 Å². The zero-order valence-electron chi connectivity index (χ0n) is 17.0. The number of thiophene rings is 1. The third-order valence-corrected chi connectivity index (χ3v) is 6.01. The summed E-state index contributed by atoms with van der Waals surface area (Å²) in [6.07, 6.45) is 1.55. The summed E-state index contributed by atoms with van der Waals surface area (Å²) in [5.41, 5.74) is 5.44. The number of amides is 2. The van der Waals surface area contributed by atoms with E-state index in [2.05, 4.69) is 38.1 Å². The highest BCUT2D eigenvalue weighted by Crippen LogP contribution is 2.37. The van der Waals surface area contributed by atoms with E-state index in [1.807, 2.05) is 30.3 Å². The van der Waals surface area contributed by atoms with Crippen molar-refractivity contribution in [2.75, 3.05) is 10.6 Å². The lowest BCUT2D eigenvalue weighted by atomic mass is 10.1. The Balaban J connectivity index is 1.36. The maximum absolute atomic E-state index is 13.3. The molecule has 162 valence electrons. The Labute approximate surface area is 191 Å². The van der Waals surface area contributed by atoms with Crippen LogP contribution in [-0.4, -0.2) is 16.0 Å². The van der Waals surface area contributed by atoms with Gasteiger partial charge in [-0.3, -0.25) is 0 Å². The summed E-state index contributed by atoms with van der Waals surface area (Å²) >= 11 is 1.59. The Kier molecular flexibility index (Phi) is 5.50. The van der Waals surface area contributed by atoms with Gasteiger partial charge in [0.1, 0.15) is 6.33 Å². The molecule has 0 unspecified atom stereocenters. The van der Waals surface area contributed by atoms with Crippen molar-refractivity contribution in [2.45, 2.75) is 0 Å². The molecule has 5 aromatic rings. The third-order valence-electron chi connectivity index (χ3n) is 5.03. The van der Waals surface area contributed by atoms with Crippen molar-refractivity contribution in [1.82, 2.24) is 9.97 Å². The third kappa shape index (κ3) is 4.28. The predicted octanol–water partition coefficient (Wildman–Crippen LogP) is 6.95. The van der Waals surface area contributed by atoms with Gasteiger partial charge in [0.05, 0.1) is 15.9 Å². The second kappa shape index (κ2) is 8.76. The molecule has 0 atom stereocenters. The average Bonchev–Trinajstić information content (AvgIpc) is 3.27. The van der Waals surface area contributed by atoms with E-state index < -0.39 is 17.7 Å². The molecule has 2 heterocycles. The molecule has 0 saturated carbocycles. The quantitative estimate of drug-likeness (QED) is 0.306. The van der Waals surface area contributed by atoms with Gasteiger partial charge in [0.25, 0.3) is 0 Å². The largest absolute Gasteiger partial charge is 0.323 e. The van der Waals surface area contributed by atoms with E-state index in [1.54, 1.807) is 29.8 Å². The Hall–Kier alpha value is -4.17. The molecule has 3 aromatic carbocycles. The van der Waals surface area contributed by atoms with Crippen LogP contribution in [0.4, 0.5) is 25.0 Å². The minimum absolute atomic E-state index is 0.151. The van der Waals surface area contributed by atoms with E-state index in [0.29, 0.717) is 5.69 Å². The number of nitrogens with zero attached hydrogens (tertiary/aromatic N) is 2. The maximum atomic E-state index is 13.3. The summed E-state index contributed by atoms with van der Waals surface area (Å²) in [7, 11) is 0. The number of hydrogen-bond acceptors (Lipinski definition) is 4. The Bertz CT molecular complexity index is 1450. The van der Waals surface area contributed by atoms with Crippen molar-refractivity contribution >= 4 is 39.0 Å². The first-order valence-corrected chi connectivity index (χ1v) is 10.9. The number of urea groups is 1. The summed E-state index contributed by atoms with van der Waals surface area (Å²) in [4.78, 5) is 21.2. The van der Waals surface area contributed by atoms with E-state index in [1.165, 1.54) is 6.07 Å². The van der Waals surface area contributed by atoms with Crippen LogP contribution < -0.4 is 10.6 Å². The predicted molar refractivity (Wildman–Crippen MR) is 127 cm³/mol. The van der Waals surface area contributed by atoms with Crippen LogP contribution in [0.5, 0.6) is 0 Å². The number of hydrogen-bond donors (Lipinski definition) is 2. The fourth-order valence-corrected chi connectivity index (χ4v) is 4.50. The first-order valence-electron chi connectivity index (χ1n) is 9.99. The fourth-order valence-electron chi connectivity index (χ4n) is 3.46. The zero-order chi connectivity index (χ0) is 22.8. The molecule has 0 saturated heterocycles. The molecular formula is C25H16F2N4OS. The lowest BCUT2D eigenvalue weighted by Crippen LogP contribution is -2.19. The van der Waals surface area contributed by atoms with Gasteiger partial charge in [-0.25, -0.2) is 23.5 Å². The van der Waals surface area contributed by atoms with E-state index in [0.717, 1.165) is 44.7 Å². The molecule has 2 amide bonds. The van der Waals surface area contributed by atoms with Gasteiger partial charge in [-0.05, 0) is 29.8 Å². The Morgan fingerprint density at radius 3 is 2.27 bits per heavy atom. The van der Waals surface area contributed by atoms with Crippen LogP contribution in [0.1, 0.15) is 0 Å². The molecule has 33 heavy (non-hydrogen) atoms. The van der Waals surface area contributed by atoms with Gasteiger partial charge < -0.3 is 10.6 Å². The highest BCUT2D eigenvalue weighted by atomic mass is 32.1. The number of benzene rings is 3. The van der Waals surface area contributed by atoms with E-state index in [4.69, 9.17) is 0 Å². The summed E-state index contributed by atoms with van der Waals surface area (Å²) in [5.74, 6) is -2.01. The van der Waals surface area contributed by atoms with Crippen molar-refractivity contribution < 1.29 is 13.6 Å². The Morgan fingerprint density at radius 2 is 1.52 bits per heavy atom. The van der Waals surface area contributed by atoms with Crippen molar-refractivity contribution in [1.29, 1.82) is 0 Å². The van der Waals surface area contributed by atoms with Gasteiger partial charge in [-0.15, -0.1) is 11.3 Å². The number of anilines is 2. The van der Waals surface area contributed by atoms with Gasteiger partial charge in [0.2, 0.25) is 0 Å². The SMILES string of the molecule is O=C(Nc1ccc(-c2ncnc3c(-c4ccccc4)csc23)cc1)Nc1ccc(F)c(F)c1. The molecule has 0 bridgehead atoms. The molecular weight excluding hydrogens is 442 g/mol. The number of nitrogens with one attached hydrogen (secondary N) is 2. The minimum atomic E-state index is -1.03. The number of aromatic nitrogens is 2. The molecule has 0 aliphatic carbocycles. The summed E-state index contributed by atoms with van der Waals surface area (Å²) < 4.78 is 27.3. The monoisotopic (exact) mass is 458 g/mol. The van der Waals surface area contributed by atoms with Crippen molar-refractivity contribution in [3.05, 3.63) is 96.1 Å². The van der Waals surface area contributed by atoms with Crippen molar-refractivity contribution in [2.24, 2.45) is 0 Å². The molecule has 0 aliphatic rings. The number of carbonyl (C=O) groups is 1. The second-order valence-corrected chi connectivity index (χ2v) is 8.08. The standard InChI is InChI=1S/C25H16F2N4OS/c26-20-11-10-18(12-21(20)27)31-25(32)30-17-8-6-16(7-9-17)22-24-23(29-14-28-22)19(13-33-24)15-4-2-1-3-5-15/h1-14H,(H2,30,31,32). The van der Waals surface area contributed by atoms with Crippen LogP contribution in [0.3, 0.4) is 0 Å². The van der Waals surface area contributed by atoms with Crippen LogP contribution in [0.15, 0.2) is 84.5 Å². The Morgan fingerprint density at radius 1 is 0.788 bits per heavy atom. The van der Waals surface area contributed by atoms with Crippen LogP contribution in [0.25, 0.3) is 32.6 Å². The normalized spacial score (nSPS) is 10.8. The summed E-state index contributed by atoms with van der Waals surface area (Å²) in [6.45, 7) is 0. The minimum Gasteiger partial charge on any atom is -0.308 e. The molecule has 2 N–H and O–H groups in total. The van der Waals surface area contributed by atoms with Crippen molar-refractivity contribution in [3.8, 4) is 22.4 Å². The highest BCUT2D eigenvalue weighted by Gasteiger charge is 2.14. The van der Waals surface area contributed by atoms with Crippen LogP contribution in [-0.2, 0) is 0 Å². The van der Waals surface area contributed by atoms with Gasteiger partial charge in [-0.2, -0.15) is 0 Å². The van der Waals surface area contributed by atoms with Gasteiger partial charge in [0, 0.05) is 33.9 Å². The number of fused-ring (bicyclic) bond motifs is 1.